The molecular weight excluding hydrogens is 402 g/mol. The monoisotopic (exact) mass is 431 g/mol. The standard InChI is InChI=1S/C24H29N7O/c1-15-5-7-18(8-6-15)16(2)23(32)31-12-11-24(14-31)10-9-19-13-20(17(3)25-21(19)26-24)22-27-29-30(4)28-22/h5-8,13,16H,9-12,14H2,1-4H3,(H,25,26)/t16-,24+/m1/s1. The van der Waals surface area contributed by atoms with Crippen LogP contribution in [-0.2, 0) is 18.3 Å². The summed E-state index contributed by atoms with van der Waals surface area (Å²) in [6, 6.07) is 10.4. The number of carbonyl (C=O) groups excluding carboxylic acids is 1. The summed E-state index contributed by atoms with van der Waals surface area (Å²) in [4.78, 5) is 21.6. The fourth-order valence-corrected chi connectivity index (χ4v) is 4.89. The number of tetrazole rings is 1. The molecule has 1 spiro atoms. The van der Waals surface area contributed by atoms with Crippen LogP contribution >= 0.6 is 0 Å². The normalized spacial score (nSPS) is 20.8. The largest absolute Gasteiger partial charge is 0.363 e. The molecule has 0 unspecified atom stereocenters. The van der Waals surface area contributed by atoms with Gasteiger partial charge in [-0.1, -0.05) is 29.8 Å². The first kappa shape index (κ1) is 20.6. The van der Waals surface area contributed by atoms with Crippen molar-refractivity contribution in [3.8, 4) is 11.4 Å². The molecule has 2 atom stereocenters. The number of rotatable bonds is 3. The van der Waals surface area contributed by atoms with E-state index >= 15 is 0 Å². The van der Waals surface area contributed by atoms with Crippen molar-refractivity contribution in [3.05, 3.63) is 52.7 Å². The van der Waals surface area contributed by atoms with Gasteiger partial charge in [-0.15, -0.1) is 10.2 Å². The molecule has 1 saturated heterocycles. The zero-order valence-corrected chi connectivity index (χ0v) is 19.1. The molecular formula is C24H29N7O. The fourth-order valence-electron chi connectivity index (χ4n) is 4.89. The van der Waals surface area contributed by atoms with E-state index in [0.29, 0.717) is 5.82 Å². The van der Waals surface area contributed by atoms with Crippen molar-refractivity contribution in [1.82, 2.24) is 30.1 Å². The van der Waals surface area contributed by atoms with Crippen LogP contribution in [0.2, 0.25) is 0 Å². The third kappa shape index (κ3) is 3.63. The highest BCUT2D eigenvalue weighted by atomic mass is 16.2. The lowest BCUT2D eigenvalue weighted by molar-refractivity contribution is -0.131. The van der Waals surface area contributed by atoms with Gasteiger partial charge in [-0.3, -0.25) is 4.79 Å². The Bertz CT molecular complexity index is 1170. The molecule has 2 aliphatic heterocycles. The van der Waals surface area contributed by atoms with Crippen LogP contribution in [0, 0.1) is 13.8 Å². The lowest BCUT2D eigenvalue weighted by atomic mass is 9.86. The number of nitrogens with one attached hydrogen (secondary N) is 1. The van der Waals surface area contributed by atoms with Gasteiger partial charge in [-0.2, -0.15) is 4.80 Å². The lowest BCUT2D eigenvalue weighted by Gasteiger charge is -2.36. The Morgan fingerprint density at radius 1 is 1.19 bits per heavy atom. The minimum atomic E-state index is -0.135. The van der Waals surface area contributed by atoms with Crippen LogP contribution in [0.25, 0.3) is 11.4 Å². The van der Waals surface area contributed by atoms with Gasteiger partial charge in [0.15, 0.2) is 0 Å². The third-order valence-electron chi connectivity index (χ3n) is 6.91. The van der Waals surface area contributed by atoms with Crippen molar-refractivity contribution < 1.29 is 4.79 Å². The minimum Gasteiger partial charge on any atom is -0.363 e. The summed E-state index contributed by atoms with van der Waals surface area (Å²) in [5, 5.41) is 16.1. The van der Waals surface area contributed by atoms with Gasteiger partial charge >= 0.3 is 0 Å². The first-order valence-corrected chi connectivity index (χ1v) is 11.2. The molecule has 5 rings (SSSR count). The van der Waals surface area contributed by atoms with Crippen LogP contribution in [0.4, 0.5) is 5.82 Å². The van der Waals surface area contributed by atoms with Crippen LogP contribution in [0.1, 0.15) is 48.1 Å². The number of aryl methyl sites for hydroxylation is 4. The molecule has 1 aromatic carbocycles. The fraction of sp³-hybridized carbons (Fsp3) is 0.458. The lowest BCUT2D eigenvalue weighted by Crippen LogP contribution is -2.46. The smallest absolute Gasteiger partial charge is 0.229 e. The average Bonchev–Trinajstić information content (AvgIpc) is 3.39. The van der Waals surface area contributed by atoms with Crippen LogP contribution in [-0.4, -0.2) is 54.6 Å². The molecule has 1 N–H and O–H groups in total. The van der Waals surface area contributed by atoms with Gasteiger partial charge in [-0.25, -0.2) is 4.98 Å². The molecule has 8 heteroatoms. The summed E-state index contributed by atoms with van der Waals surface area (Å²) < 4.78 is 0. The maximum atomic E-state index is 13.2. The van der Waals surface area contributed by atoms with E-state index in [1.165, 1.54) is 15.9 Å². The van der Waals surface area contributed by atoms with Gasteiger partial charge in [-0.05, 0) is 62.4 Å². The average molecular weight is 432 g/mol. The van der Waals surface area contributed by atoms with E-state index in [2.05, 4.69) is 58.0 Å². The Morgan fingerprint density at radius 3 is 2.69 bits per heavy atom. The van der Waals surface area contributed by atoms with E-state index in [1.54, 1.807) is 7.05 Å². The Hall–Kier alpha value is -3.29. The van der Waals surface area contributed by atoms with Crippen LogP contribution in [0.5, 0.6) is 0 Å². The van der Waals surface area contributed by atoms with Crippen molar-refractivity contribution in [3.63, 3.8) is 0 Å². The number of benzene rings is 1. The number of amides is 1. The predicted molar refractivity (Wildman–Crippen MR) is 122 cm³/mol. The maximum Gasteiger partial charge on any atom is 0.229 e. The molecule has 0 radical (unpaired) electrons. The highest BCUT2D eigenvalue weighted by Crippen LogP contribution is 2.38. The second-order valence-corrected chi connectivity index (χ2v) is 9.28. The van der Waals surface area contributed by atoms with Crippen molar-refractivity contribution in [1.29, 1.82) is 0 Å². The van der Waals surface area contributed by atoms with E-state index in [4.69, 9.17) is 4.98 Å². The van der Waals surface area contributed by atoms with Crippen LogP contribution in [0.15, 0.2) is 30.3 Å². The predicted octanol–water partition coefficient (Wildman–Crippen LogP) is 3.02. The van der Waals surface area contributed by atoms with Gasteiger partial charge in [0, 0.05) is 18.7 Å². The number of pyridine rings is 1. The number of fused-ring (bicyclic) bond motifs is 1. The zero-order valence-electron chi connectivity index (χ0n) is 19.1. The van der Waals surface area contributed by atoms with E-state index in [0.717, 1.165) is 55.0 Å². The summed E-state index contributed by atoms with van der Waals surface area (Å²) in [5.41, 5.74) is 5.14. The Balaban J connectivity index is 1.32. The number of hydrogen-bond donors (Lipinski definition) is 1. The van der Waals surface area contributed by atoms with Crippen LogP contribution < -0.4 is 5.32 Å². The quantitative estimate of drug-likeness (QED) is 0.686. The van der Waals surface area contributed by atoms with E-state index in [-0.39, 0.29) is 17.4 Å². The number of anilines is 1. The molecule has 166 valence electrons. The maximum absolute atomic E-state index is 13.2. The number of hydrogen-bond acceptors (Lipinski definition) is 6. The van der Waals surface area contributed by atoms with Gasteiger partial charge in [0.05, 0.1) is 24.2 Å². The van der Waals surface area contributed by atoms with E-state index in [9.17, 15) is 4.79 Å². The molecule has 8 nitrogen and oxygen atoms in total. The van der Waals surface area contributed by atoms with Crippen molar-refractivity contribution in [2.45, 2.75) is 51.5 Å². The number of likely N-dealkylation sites (tertiary alicyclic amines) is 1. The molecule has 1 amide bonds. The Labute approximate surface area is 188 Å². The molecule has 2 aliphatic rings. The molecule has 0 aliphatic carbocycles. The zero-order chi connectivity index (χ0) is 22.5. The number of carbonyl (C=O) groups is 1. The highest BCUT2D eigenvalue weighted by Gasteiger charge is 2.43. The summed E-state index contributed by atoms with van der Waals surface area (Å²) in [6.45, 7) is 7.54. The molecule has 0 bridgehead atoms. The van der Waals surface area contributed by atoms with Crippen molar-refractivity contribution in [2.24, 2.45) is 7.05 Å². The van der Waals surface area contributed by atoms with Crippen LogP contribution in [0.3, 0.4) is 0 Å². The summed E-state index contributed by atoms with van der Waals surface area (Å²) in [5.74, 6) is 1.58. The minimum absolute atomic E-state index is 0.110. The first-order chi connectivity index (χ1) is 15.3. The molecule has 2 aromatic heterocycles. The molecule has 4 heterocycles. The highest BCUT2D eigenvalue weighted by molar-refractivity contribution is 5.84. The second kappa shape index (κ2) is 7.69. The molecule has 0 saturated carbocycles. The summed E-state index contributed by atoms with van der Waals surface area (Å²) in [6.07, 6.45) is 2.83. The molecule has 32 heavy (non-hydrogen) atoms. The molecule has 1 fully saturated rings. The first-order valence-electron chi connectivity index (χ1n) is 11.2. The van der Waals surface area contributed by atoms with Gasteiger partial charge in [0.2, 0.25) is 11.7 Å². The summed E-state index contributed by atoms with van der Waals surface area (Å²) >= 11 is 0. The number of nitrogens with zero attached hydrogens (tertiary/aromatic N) is 6. The van der Waals surface area contributed by atoms with E-state index < -0.39 is 0 Å². The second-order valence-electron chi connectivity index (χ2n) is 9.28. The SMILES string of the molecule is Cc1ccc([C@@H](C)C(=O)N2CC[C@@]3(CCc4cc(-c5nnn(C)n5)c(C)nc4N3)C2)cc1. The number of aromatic nitrogens is 5. The van der Waals surface area contributed by atoms with Gasteiger partial charge in [0.25, 0.3) is 0 Å². The van der Waals surface area contributed by atoms with Crippen molar-refractivity contribution in [2.75, 3.05) is 18.4 Å². The van der Waals surface area contributed by atoms with Gasteiger partial charge < -0.3 is 10.2 Å². The van der Waals surface area contributed by atoms with Gasteiger partial charge in [0.1, 0.15) is 5.82 Å². The topological polar surface area (TPSA) is 88.8 Å². The Morgan fingerprint density at radius 2 is 1.97 bits per heavy atom. The van der Waals surface area contributed by atoms with E-state index in [1.807, 2.05) is 18.7 Å². The van der Waals surface area contributed by atoms with Crippen molar-refractivity contribution >= 4 is 11.7 Å². The third-order valence-corrected chi connectivity index (χ3v) is 6.91. The molecule has 3 aromatic rings. The summed E-state index contributed by atoms with van der Waals surface area (Å²) in [7, 11) is 1.76. The Kier molecular flexibility index (Phi) is 4.95.